The molecular weight excluding hydrogens is 209 g/mol. The van der Waals surface area contributed by atoms with E-state index < -0.39 is 6.36 Å². The van der Waals surface area contributed by atoms with Gasteiger partial charge in [-0.2, -0.15) is 0 Å². The summed E-state index contributed by atoms with van der Waals surface area (Å²) in [5, 5.41) is 0. The minimum Gasteiger partial charge on any atom is -0.410 e. The summed E-state index contributed by atoms with van der Waals surface area (Å²) >= 11 is 0. The number of allylic oxidation sites excluding steroid dienone is 4. The summed E-state index contributed by atoms with van der Waals surface area (Å²) in [7, 11) is 0. The number of Topliss-reactive ketones (excluding diaryl/α,β-unsaturated/α-hetero) is 1. The molecule has 1 rings (SSSR count). The molecule has 0 saturated carbocycles. The number of ketones is 1. The molecule has 1 aliphatic carbocycles. The van der Waals surface area contributed by atoms with Crippen LogP contribution in [0.3, 0.4) is 0 Å². The fourth-order valence-corrected chi connectivity index (χ4v) is 1.31. The van der Waals surface area contributed by atoms with Crippen molar-refractivity contribution in [3.8, 4) is 0 Å². The number of hydrogen-bond acceptors (Lipinski definition) is 2. The van der Waals surface area contributed by atoms with Gasteiger partial charge in [0.15, 0.2) is 5.78 Å². The molecule has 0 N–H and O–H groups in total. The second-order valence-corrected chi connectivity index (χ2v) is 3.15. The maximum atomic E-state index is 11.8. The first kappa shape index (κ1) is 11.8. The van der Waals surface area contributed by atoms with Crippen LogP contribution in [-0.2, 0) is 9.53 Å². The third kappa shape index (κ3) is 3.77. The second kappa shape index (κ2) is 4.51. The standard InChI is InChI=1S/C10H11F3O2/c1-2-9(14)7-3-5-8(6-4-7)15-10(11,12)13/h3,5H,2,4,6H2,1H3. The Morgan fingerprint density at radius 1 is 1.40 bits per heavy atom. The summed E-state index contributed by atoms with van der Waals surface area (Å²) in [5.41, 5.74) is 0.562. The molecular formula is C10H11F3O2. The first-order valence-electron chi connectivity index (χ1n) is 4.61. The average Bonchev–Trinajstić information content (AvgIpc) is 2.15. The zero-order chi connectivity index (χ0) is 11.5. The number of halogens is 3. The highest BCUT2D eigenvalue weighted by Crippen LogP contribution is 2.27. The van der Waals surface area contributed by atoms with Crippen LogP contribution in [0.1, 0.15) is 26.2 Å². The molecule has 0 aliphatic heterocycles. The summed E-state index contributed by atoms with van der Waals surface area (Å²) in [6, 6.07) is 0. The van der Waals surface area contributed by atoms with Crippen LogP contribution in [0, 0.1) is 0 Å². The fourth-order valence-electron chi connectivity index (χ4n) is 1.31. The molecule has 0 saturated heterocycles. The van der Waals surface area contributed by atoms with Crippen molar-refractivity contribution in [3.05, 3.63) is 23.5 Å². The lowest BCUT2D eigenvalue weighted by molar-refractivity contribution is -0.306. The minimum atomic E-state index is -4.65. The first-order chi connectivity index (χ1) is 6.92. The molecule has 0 spiro atoms. The predicted octanol–water partition coefficient (Wildman–Crippen LogP) is 3.11. The Labute approximate surface area is 85.4 Å². The van der Waals surface area contributed by atoms with Gasteiger partial charge in [0.1, 0.15) is 5.76 Å². The van der Waals surface area contributed by atoms with Gasteiger partial charge in [-0.25, -0.2) is 0 Å². The monoisotopic (exact) mass is 220 g/mol. The predicted molar refractivity (Wildman–Crippen MR) is 47.8 cm³/mol. The van der Waals surface area contributed by atoms with Crippen LogP contribution in [0.15, 0.2) is 23.5 Å². The van der Waals surface area contributed by atoms with Crippen molar-refractivity contribution in [1.29, 1.82) is 0 Å². The Hall–Kier alpha value is -1.26. The van der Waals surface area contributed by atoms with Gasteiger partial charge < -0.3 is 4.74 Å². The number of rotatable bonds is 3. The highest BCUT2D eigenvalue weighted by molar-refractivity contribution is 5.95. The molecule has 0 aromatic rings. The second-order valence-electron chi connectivity index (χ2n) is 3.15. The Bertz CT molecular complexity index is 313. The maximum Gasteiger partial charge on any atom is 0.572 e. The summed E-state index contributed by atoms with van der Waals surface area (Å²) in [4.78, 5) is 11.2. The van der Waals surface area contributed by atoms with E-state index in [0.29, 0.717) is 18.4 Å². The van der Waals surface area contributed by atoms with Crippen molar-refractivity contribution in [1.82, 2.24) is 0 Å². The number of ether oxygens (including phenoxy) is 1. The van der Waals surface area contributed by atoms with E-state index in [1.165, 1.54) is 12.2 Å². The van der Waals surface area contributed by atoms with E-state index in [2.05, 4.69) is 4.74 Å². The normalized spacial score (nSPS) is 16.8. The van der Waals surface area contributed by atoms with E-state index >= 15 is 0 Å². The van der Waals surface area contributed by atoms with Gasteiger partial charge in [0, 0.05) is 12.8 Å². The van der Waals surface area contributed by atoms with E-state index in [1.807, 2.05) is 0 Å². The molecule has 15 heavy (non-hydrogen) atoms. The number of alkyl halides is 3. The highest BCUT2D eigenvalue weighted by Gasteiger charge is 2.32. The quantitative estimate of drug-likeness (QED) is 0.730. The van der Waals surface area contributed by atoms with Crippen LogP contribution < -0.4 is 0 Å². The van der Waals surface area contributed by atoms with Crippen molar-refractivity contribution in [3.63, 3.8) is 0 Å². The molecule has 0 radical (unpaired) electrons. The van der Waals surface area contributed by atoms with Gasteiger partial charge >= 0.3 is 6.36 Å². The molecule has 0 fully saturated rings. The van der Waals surface area contributed by atoms with Gasteiger partial charge in [-0.1, -0.05) is 13.0 Å². The number of hydrogen-bond donors (Lipinski definition) is 0. The van der Waals surface area contributed by atoms with E-state index in [-0.39, 0.29) is 18.0 Å². The van der Waals surface area contributed by atoms with Crippen molar-refractivity contribution < 1.29 is 22.7 Å². The molecule has 0 aromatic carbocycles. The SMILES string of the molecule is CCC(=O)C1=CC=C(OC(F)(F)F)CC1. The Morgan fingerprint density at radius 3 is 2.47 bits per heavy atom. The lowest BCUT2D eigenvalue weighted by Gasteiger charge is -2.15. The van der Waals surface area contributed by atoms with Crippen molar-refractivity contribution in [2.75, 3.05) is 0 Å². The van der Waals surface area contributed by atoms with Gasteiger partial charge in [-0.3, -0.25) is 4.79 Å². The van der Waals surface area contributed by atoms with Crippen LogP contribution in [0.4, 0.5) is 13.2 Å². The van der Waals surface area contributed by atoms with Crippen LogP contribution in [0.25, 0.3) is 0 Å². The third-order valence-electron chi connectivity index (χ3n) is 2.04. The zero-order valence-electron chi connectivity index (χ0n) is 8.23. The average molecular weight is 220 g/mol. The summed E-state index contributed by atoms with van der Waals surface area (Å²) in [6.07, 6.45) is -1.23. The number of carbonyl (C=O) groups is 1. The summed E-state index contributed by atoms with van der Waals surface area (Å²) in [6.45, 7) is 1.72. The Balaban J connectivity index is 2.64. The maximum absolute atomic E-state index is 11.8. The molecule has 84 valence electrons. The van der Waals surface area contributed by atoms with E-state index in [9.17, 15) is 18.0 Å². The fraction of sp³-hybridized carbons (Fsp3) is 0.500. The minimum absolute atomic E-state index is 0.0303. The van der Waals surface area contributed by atoms with Crippen LogP contribution in [-0.4, -0.2) is 12.1 Å². The van der Waals surface area contributed by atoms with Crippen molar-refractivity contribution in [2.45, 2.75) is 32.5 Å². The largest absolute Gasteiger partial charge is 0.572 e. The first-order valence-corrected chi connectivity index (χ1v) is 4.61. The molecule has 2 nitrogen and oxygen atoms in total. The lowest BCUT2D eigenvalue weighted by Crippen LogP contribution is -2.15. The Kier molecular flexibility index (Phi) is 3.55. The smallest absolute Gasteiger partial charge is 0.410 e. The van der Waals surface area contributed by atoms with Crippen LogP contribution in [0.5, 0.6) is 0 Å². The number of carbonyl (C=O) groups excluding carboxylic acids is 1. The lowest BCUT2D eigenvalue weighted by atomic mass is 9.99. The van der Waals surface area contributed by atoms with Gasteiger partial charge in [-0.05, 0) is 18.1 Å². The molecule has 0 aromatic heterocycles. The molecule has 0 atom stereocenters. The Morgan fingerprint density at radius 2 is 2.07 bits per heavy atom. The molecule has 0 heterocycles. The van der Waals surface area contributed by atoms with Gasteiger partial charge in [-0.15, -0.1) is 13.2 Å². The van der Waals surface area contributed by atoms with Crippen molar-refractivity contribution in [2.24, 2.45) is 0 Å². The van der Waals surface area contributed by atoms with Gasteiger partial charge in [0.2, 0.25) is 0 Å². The van der Waals surface area contributed by atoms with E-state index in [1.54, 1.807) is 6.92 Å². The van der Waals surface area contributed by atoms with Crippen LogP contribution >= 0.6 is 0 Å². The summed E-state index contributed by atoms with van der Waals surface area (Å²) < 4.78 is 39.2. The molecule has 1 aliphatic rings. The van der Waals surface area contributed by atoms with Gasteiger partial charge in [0.05, 0.1) is 0 Å². The van der Waals surface area contributed by atoms with Gasteiger partial charge in [0.25, 0.3) is 0 Å². The zero-order valence-corrected chi connectivity index (χ0v) is 8.23. The van der Waals surface area contributed by atoms with Crippen molar-refractivity contribution >= 4 is 5.78 Å². The van der Waals surface area contributed by atoms with E-state index in [4.69, 9.17) is 0 Å². The molecule has 0 bridgehead atoms. The topological polar surface area (TPSA) is 26.3 Å². The highest BCUT2D eigenvalue weighted by atomic mass is 19.4. The molecule has 0 amide bonds. The molecule has 5 heteroatoms. The van der Waals surface area contributed by atoms with Crippen LogP contribution in [0.2, 0.25) is 0 Å². The summed E-state index contributed by atoms with van der Waals surface area (Å²) in [5.74, 6) is -0.174. The van der Waals surface area contributed by atoms with E-state index in [0.717, 1.165) is 0 Å². The molecule has 0 unspecified atom stereocenters. The third-order valence-corrected chi connectivity index (χ3v) is 2.04.